The molecule has 0 aromatic carbocycles. The van der Waals surface area contributed by atoms with Gasteiger partial charge in [-0.15, -0.1) is 0 Å². The van der Waals surface area contributed by atoms with Crippen LogP contribution < -0.4 is 5.32 Å². The third-order valence-electron chi connectivity index (χ3n) is 4.22. The van der Waals surface area contributed by atoms with Crippen molar-refractivity contribution in [2.45, 2.75) is 20.8 Å². The molecule has 0 saturated carbocycles. The lowest BCUT2D eigenvalue weighted by Gasteiger charge is -2.36. The van der Waals surface area contributed by atoms with Gasteiger partial charge in [0.15, 0.2) is 0 Å². The molecule has 0 fully saturated rings. The molecule has 0 radical (unpaired) electrons. The number of hydrogen-bond acceptors (Lipinski definition) is 1. The second-order valence-electron chi connectivity index (χ2n) is 5.11. The van der Waals surface area contributed by atoms with Gasteiger partial charge in [-0.25, -0.2) is 0 Å². The standard InChI is InChI=1S/C16H21N/c1-5-6-7-13-8-10-15(2)11-9-14(12-17-4)16(13,15)3/h5-12,17H,1-4H3/b6-5+,13-7-,14-12-/t15-,16?/m1/s1. The molecule has 0 spiro atoms. The number of fused-ring (bicyclic) bond motifs is 1. The van der Waals surface area contributed by atoms with Gasteiger partial charge in [-0.3, -0.25) is 0 Å². The highest BCUT2D eigenvalue weighted by Crippen LogP contribution is 2.60. The molecule has 2 aliphatic rings. The molecule has 0 amide bonds. The lowest BCUT2D eigenvalue weighted by Crippen LogP contribution is -2.30. The summed E-state index contributed by atoms with van der Waals surface area (Å²) in [5, 5.41) is 3.16. The Balaban J connectivity index is 2.51. The van der Waals surface area contributed by atoms with Gasteiger partial charge in [0, 0.05) is 24.1 Å². The number of nitrogens with one attached hydrogen (secondary N) is 1. The smallest absolute Gasteiger partial charge is 0.0311 e. The Morgan fingerprint density at radius 1 is 1.12 bits per heavy atom. The van der Waals surface area contributed by atoms with Gasteiger partial charge in [-0.2, -0.15) is 0 Å². The van der Waals surface area contributed by atoms with Crippen molar-refractivity contribution in [2.75, 3.05) is 7.05 Å². The molecule has 1 nitrogen and oxygen atoms in total. The summed E-state index contributed by atoms with van der Waals surface area (Å²) in [4.78, 5) is 0. The molecule has 1 heteroatoms. The molecule has 0 aromatic rings. The van der Waals surface area contributed by atoms with E-state index < -0.39 is 0 Å². The average Bonchev–Trinajstić information content (AvgIpc) is 2.70. The number of hydrogen-bond donors (Lipinski definition) is 1. The zero-order valence-electron chi connectivity index (χ0n) is 11.1. The van der Waals surface area contributed by atoms with Crippen molar-refractivity contribution in [2.24, 2.45) is 10.8 Å². The van der Waals surface area contributed by atoms with Crippen LogP contribution in [0.1, 0.15) is 20.8 Å². The Bertz CT molecular complexity index is 462. The van der Waals surface area contributed by atoms with Gasteiger partial charge in [0.1, 0.15) is 0 Å². The van der Waals surface area contributed by atoms with Gasteiger partial charge in [0.25, 0.3) is 0 Å². The molecule has 0 heterocycles. The average molecular weight is 227 g/mol. The van der Waals surface area contributed by atoms with E-state index in [0.29, 0.717) is 0 Å². The third-order valence-corrected chi connectivity index (χ3v) is 4.22. The first-order valence-electron chi connectivity index (χ1n) is 6.18. The zero-order chi connectivity index (χ0) is 12.5. The maximum absolute atomic E-state index is 3.16. The molecule has 17 heavy (non-hydrogen) atoms. The summed E-state index contributed by atoms with van der Waals surface area (Å²) in [5.41, 5.74) is 2.91. The summed E-state index contributed by atoms with van der Waals surface area (Å²) >= 11 is 0. The summed E-state index contributed by atoms with van der Waals surface area (Å²) in [7, 11) is 1.96. The van der Waals surface area contributed by atoms with Crippen molar-refractivity contribution in [3.8, 4) is 0 Å². The predicted molar refractivity (Wildman–Crippen MR) is 74.5 cm³/mol. The van der Waals surface area contributed by atoms with Gasteiger partial charge < -0.3 is 5.32 Å². The van der Waals surface area contributed by atoms with Gasteiger partial charge >= 0.3 is 0 Å². The lowest BCUT2D eigenvalue weighted by atomic mass is 9.66. The fraction of sp³-hybridized carbons (Fsp3) is 0.375. The van der Waals surface area contributed by atoms with Crippen LogP contribution in [0.3, 0.4) is 0 Å². The molecular formula is C16H21N. The summed E-state index contributed by atoms with van der Waals surface area (Å²) in [5.74, 6) is 0. The maximum atomic E-state index is 3.16. The van der Waals surface area contributed by atoms with Crippen molar-refractivity contribution in [1.82, 2.24) is 5.32 Å². The molecule has 1 N–H and O–H groups in total. The topological polar surface area (TPSA) is 12.0 Å². The monoisotopic (exact) mass is 227 g/mol. The minimum absolute atomic E-state index is 0.0650. The molecule has 2 aliphatic carbocycles. The maximum Gasteiger partial charge on any atom is 0.0311 e. The highest BCUT2D eigenvalue weighted by Gasteiger charge is 2.51. The van der Waals surface area contributed by atoms with Gasteiger partial charge in [0.05, 0.1) is 0 Å². The predicted octanol–water partition coefficient (Wildman–Crippen LogP) is 3.74. The summed E-state index contributed by atoms with van der Waals surface area (Å²) in [6.07, 6.45) is 17.6. The number of rotatable bonds is 2. The molecule has 0 aliphatic heterocycles. The Morgan fingerprint density at radius 3 is 2.35 bits per heavy atom. The van der Waals surface area contributed by atoms with Crippen molar-refractivity contribution < 1.29 is 0 Å². The fourth-order valence-electron chi connectivity index (χ4n) is 2.81. The van der Waals surface area contributed by atoms with Crippen LogP contribution in [-0.2, 0) is 0 Å². The van der Waals surface area contributed by atoms with E-state index in [9.17, 15) is 0 Å². The molecule has 0 aromatic heterocycles. The second kappa shape index (κ2) is 4.06. The van der Waals surface area contributed by atoms with Crippen molar-refractivity contribution in [3.05, 3.63) is 59.9 Å². The van der Waals surface area contributed by atoms with Gasteiger partial charge in [-0.1, -0.05) is 56.4 Å². The van der Waals surface area contributed by atoms with E-state index in [4.69, 9.17) is 0 Å². The molecule has 2 atom stereocenters. The summed E-state index contributed by atoms with van der Waals surface area (Å²) < 4.78 is 0. The molecular weight excluding hydrogens is 206 g/mol. The minimum Gasteiger partial charge on any atom is -0.394 e. The Kier molecular flexibility index (Phi) is 2.86. The van der Waals surface area contributed by atoms with Crippen molar-refractivity contribution in [1.29, 1.82) is 0 Å². The Morgan fingerprint density at radius 2 is 1.76 bits per heavy atom. The van der Waals surface area contributed by atoms with E-state index in [2.05, 4.69) is 74.8 Å². The van der Waals surface area contributed by atoms with Crippen LogP contribution in [-0.4, -0.2) is 7.05 Å². The first-order valence-corrected chi connectivity index (χ1v) is 6.18. The van der Waals surface area contributed by atoms with Gasteiger partial charge in [0.2, 0.25) is 0 Å². The SMILES string of the molecule is C/C=C/C=C1/C=C[C@]2(C)C=C/C(=C/NC)C12C. The van der Waals surface area contributed by atoms with E-state index in [1.807, 2.05) is 7.05 Å². The van der Waals surface area contributed by atoms with Crippen LogP contribution in [0, 0.1) is 10.8 Å². The van der Waals surface area contributed by atoms with Crippen LogP contribution in [0.2, 0.25) is 0 Å². The largest absolute Gasteiger partial charge is 0.394 e. The van der Waals surface area contributed by atoms with Crippen LogP contribution in [0.5, 0.6) is 0 Å². The van der Waals surface area contributed by atoms with E-state index in [-0.39, 0.29) is 10.8 Å². The second-order valence-corrected chi connectivity index (χ2v) is 5.11. The highest BCUT2D eigenvalue weighted by atomic mass is 14.8. The third kappa shape index (κ3) is 1.53. The van der Waals surface area contributed by atoms with E-state index in [1.54, 1.807) is 0 Å². The quantitative estimate of drug-likeness (QED) is 0.757. The van der Waals surface area contributed by atoms with Crippen LogP contribution in [0.25, 0.3) is 0 Å². The first kappa shape index (κ1) is 12.0. The Labute approximate surface area is 104 Å². The van der Waals surface area contributed by atoms with E-state index in [0.717, 1.165) is 0 Å². The zero-order valence-corrected chi connectivity index (χ0v) is 11.1. The van der Waals surface area contributed by atoms with E-state index in [1.165, 1.54) is 11.1 Å². The summed E-state index contributed by atoms with van der Waals surface area (Å²) in [6.45, 7) is 6.67. The molecule has 0 bridgehead atoms. The van der Waals surface area contributed by atoms with Crippen LogP contribution in [0.15, 0.2) is 59.9 Å². The van der Waals surface area contributed by atoms with Crippen LogP contribution >= 0.6 is 0 Å². The highest BCUT2D eigenvalue weighted by molar-refractivity contribution is 5.57. The molecule has 1 unspecified atom stereocenters. The minimum atomic E-state index is 0.0650. The number of allylic oxidation sites excluding steroid dienone is 9. The molecule has 0 saturated heterocycles. The Hall–Kier alpha value is -1.50. The van der Waals surface area contributed by atoms with Crippen molar-refractivity contribution >= 4 is 0 Å². The van der Waals surface area contributed by atoms with Crippen molar-refractivity contribution in [3.63, 3.8) is 0 Å². The first-order chi connectivity index (χ1) is 8.08. The van der Waals surface area contributed by atoms with E-state index >= 15 is 0 Å². The van der Waals surface area contributed by atoms with Crippen LogP contribution in [0.4, 0.5) is 0 Å². The fourth-order valence-corrected chi connectivity index (χ4v) is 2.81. The van der Waals surface area contributed by atoms with Gasteiger partial charge in [-0.05, 0) is 18.1 Å². The molecule has 90 valence electrons. The normalized spacial score (nSPS) is 39.8. The lowest BCUT2D eigenvalue weighted by molar-refractivity contribution is 0.324. The molecule has 2 rings (SSSR count). The summed E-state index contributed by atoms with van der Waals surface area (Å²) in [6, 6.07) is 0.